The van der Waals surface area contributed by atoms with Crippen molar-refractivity contribution < 1.29 is 27.8 Å². The number of carbonyl (C=O) groups excluding carboxylic acids is 1. The van der Waals surface area contributed by atoms with Gasteiger partial charge in [-0.25, -0.2) is 4.79 Å². The Morgan fingerprint density at radius 1 is 1.62 bits per heavy atom. The van der Waals surface area contributed by atoms with Gasteiger partial charge in [0.05, 0.1) is 20.3 Å². The Labute approximate surface area is 88.4 Å². The summed E-state index contributed by atoms with van der Waals surface area (Å²) in [6.07, 6.45) is -4.64. The average molecular weight is 238 g/mol. The Hall–Kier alpha value is -1.57. The van der Waals surface area contributed by atoms with Crippen LogP contribution in [0.15, 0.2) is 6.07 Å². The topological polar surface area (TPSA) is 64.3 Å². The fraction of sp³-hybridized carbons (Fsp3) is 0.500. The highest BCUT2D eigenvalue weighted by atomic mass is 19.4. The first-order valence-corrected chi connectivity index (χ1v) is 4.24. The van der Waals surface area contributed by atoms with E-state index >= 15 is 0 Å². The molecule has 0 aliphatic carbocycles. The molecule has 0 saturated carbocycles. The minimum Gasteiger partial charge on any atom is -0.464 e. The lowest BCUT2D eigenvalue weighted by Crippen LogP contribution is -2.14. The van der Waals surface area contributed by atoms with Crippen LogP contribution in [0.25, 0.3) is 0 Å². The molecule has 1 aromatic rings. The van der Waals surface area contributed by atoms with Crippen molar-refractivity contribution in [3.8, 4) is 0 Å². The molecule has 0 fully saturated rings. The van der Waals surface area contributed by atoms with Gasteiger partial charge in [0, 0.05) is 6.07 Å². The van der Waals surface area contributed by atoms with E-state index in [4.69, 9.17) is 5.11 Å². The zero-order valence-corrected chi connectivity index (χ0v) is 8.28. The van der Waals surface area contributed by atoms with Gasteiger partial charge in [0.2, 0.25) is 0 Å². The number of aliphatic hydroxyl groups is 1. The minimum absolute atomic E-state index is 0.208. The number of halogens is 3. The van der Waals surface area contributed by atoms with Crippen molar-refractivity contribution in [1.82, 2.24) is 9.78 Å². The maximum Gasteiger partial charge on any atom is 0.435 e. The van der Waals surface area contributed by atoms with E-state index in [-0.39, 0.29) is 12.2 Å². The zero-order valence-electron chi connectivity index (χ0n) is 8.28. The van der Waals surface area contributed by atoms with Crippen LogP contribution in [0.4, 0.5) is 13.2 Å². The van der Waals surface area contributed by atoms with Gasteiger partial charge in [-0.05, 0) is 0 Å². The molecule has 0 saturated heterocycles. The van der Waals surface area contributed by atoms with Crippen molar-refractivity contribution in [2.45, 2.75) is 12.7 Å². The lowest BCUT2D eigenvalue weighted by atomic mass is 10.3. The molecule has 5 nitrogen and oxygen atoms in total. The standard InChI is InChI=1S/C8H9F3N2O3/c1-16-7(15)5-4-6(8(9,10)11)12-13(5)2-3-14/h4,14H,2-3H2,1H3. The molecule has 8 heteroatoms. The Morgan fingerprint density at radius 3 is 2.69 bits per heavy atom. The number of nitrogens with zero attached hydrogens (tertiary/aromatic N) is 2. The van der Waals surface area contributed by atoms with E-state index in [1.54, 1.807) is 0 Å². The first-order valence-electron chi connectivity index (χ1n) is 4.24. The van der Waals surface area contributed by atoms with E-state index in [9.17, 15) is 18.0 Å². The molecule has 1 heterocycles. The predicted molar refractivity (Wildman–Crippen MR) is 45.7 cm³/mol. The normalized spacial score (nSPS) is 11.6. The zero-order chi connectivity index (χ0) is 12.3. The Morgan fingerprint density at radius 2 is 2.25 bits per heavy atom. The fourth-order valence-electron chi connectivity index (χ4n) is 1.09. The largest absolute Gasteiger partial charge is 0.464 e. The molecule has 1 rings (SSSR count). The lowest BCUT2D eigenvalue weighted by molar-refractivity contribution is -0.141. The molecule has 0 atom stereocenters. The molecule has 0 spiro atoms. The van der Waals surface area contributed by atoms with Crippen molar-refractivity contribution in [3.05, 3.63) is 17.5 Å². The quantitative estimate of drug-likeness (QED) is 0.786. The molecule has 0 aliphatic heterocycles. The molecule has 1 aromatic heterocycles. The third kappa shape index (κ3) is 2.51. The number of esters is 1. The number of ether oxygens (including phenoxy) is 1. The summed E-state index contributed by atoms with van der Waals surface area (Å²) in [5, 5.41) is 11.8. The summed E-state index contributed by atoms with van der Waals surface area (Å²) in [6.45, 7) is -0.635. The SMILES string of the molecule is COC(=O)c1cc(C(F)(F)F)nn1CCO. The Bertz CT molecular complexity index is 386. The van der Waals surface area contributed by atoms with Crippen LogP contribution >= 0.6 is 0 Å². The van der Waals surface area contributed by atoms with Gasteiger partial charge in [0.1, 0.15) is 5.69 Å². The van der Waals surface area contributed by atoms with Crippen LogP contribution in [0, 0.1) is 0 Å². The van der Waals surface area contributed by atoms with Crippen molar-refractivity contribution >= 4 is 5.97 Å². The summed E-state index contributed by atoms with van der Waals surface area (Å²) in [7, 11) is 1.05. The maximum atomic E-state index is 12.3. The first kappa shape index (κ1) is 12.5. The van der Waals surface area contributed by atoms with Gasteiger partial charge in [-0.15, -0.1) is 0 Å². The Balaban J connectivity index is 3.15. The monoisotopic (exact) mass is 238 g/mol. The summed E-state index contributed by atoms with van der Waals surface area (Å²) in [4.78, 5) is 11.1. The molecule has 0 aliphatic rings. The van der Waals surface area contributed by atoms with Gasteiger partial charge in [0.25, 0.3) is 0 Å². The van der Waals surface area contributed by atoms with Crippen molar-refractivity contribution in [1.29, 1.82) is 0 Å². The molecule has 0 unspecified atom stereocenters. The fourth-order valence-corrected chi connectivity index (χ4v) is 1.09. The van der Waals surface area contributed by atoms with Crippen LogP contribution in [0.5, 0.6) is 0 Å². The maximum absolute atomic E-state index is 12.3. The molecule has 0 amide bonds. The first-order chi connectivity index (χ1) is 7.40. The smallest absolute Gasteiger partial charge is 0.435 e. The molecule has 0 radical (unpaired) electrons. The third-order valence-electron chi connectivity index (χ3n) is 1.78. The van der Waals surface area contributed by atoms with Gasteiger partial charge in [-0.2, -0.15) is 18.3 Å². The summed E-state index contributed by atoms with van der Waals surface area (Å²) in [5.74, 6) is -0.934. The summed E-state index contributed by atoms with van der Waals surface area (Å²) < 4.78 is 42.0. The number of hydrogen-bond donors (Lipinski definition) is 1. The number of aromatic nitrogens is 2. The van der Waals surface area contributed by atoms with Gasteiger partial charge in [-0.1, -0.05) is 0 Å². The highest BCUT2D eigenvalue weighted by molar-refractivity contribution is 5.87. The summed E-state index contributed by atoms with van der Waals surface area (Å²) in [6, 6.07) is 0.585. The van der Waals surface area contributed by atoms with Crippen molar-refractivity contribution in [2.24, 2.45) is 0 Å². The van der Waals surface area contributed by atoms with E-state index in [2.05, 4.69) is 9.84 Å². The minimum atomic E-state index is -4.64. The molecule has 0 bridgehead atoms. The highest BCUT2D eigenvalue weighted by Crippen LogP contribution is 2.28. The number of alkyl halides is 3. The van der Waals surface area contributed by atoms with Crippen molar-refractivity contribution in [3.63, 3.8) is 0 Å². The second-order valence-corrected chi connectivity index (χ2v) is 2.85. The van der Waals surface area contributed by atoms with E-state index < -0.39 is 24.4 Å². The van der Waals surface area contributed by atoms with Gasteiger partial charge < -0.3 is 9.84 Å². The molecule has 1 N–H and O–H groups in total. The summed E-state index contributed by atoms with van der Waals surface area (Å²) >= 11 is 0. The second-order valence-electron chi connectivity index (χ2n) is 2.85. The second kappa shape index (κ2) is 4.52. The van der Waals surface area contributed by atoms with Crippen LogP contribution in [-0.2, 0) is 17.5 Å². The van der Waals surface area contributed by atoms with E-state index in [1.807, 2.05) is 0 Å². The molecule has 0 aromatic carbocycles. The van der Waals surface area contributed by atoms with Crippen molar-refractivity contribution in [2.75, 3.05) is 13.7 Å². The van der Waals surface area contributed by atoms with Gasteiger partial charge in [0.15, 0.2) is 5.69 Å². The number of methoxy groups -OCH3 is 1. The van der Waals surface area contributed by atoms with Gasteiger partial charge >= 0.3 is 12.1 Å². The van der Waals surface area contributed by atoms with Crippen LogP contribution in [0.1, 0.15) is 16.2 Å². The average Bonchev–Trinajstić information content (AvgIpc) is 2.61. The third-order valence-corrected chi connectivity index (χ3v) is 1.78. The highest BCUT2D eigenvalue weighted by Gasteiger charge is 2.35. The number of rotatable bonds is 3. The van der Waals surface area contributed by atoms with Gasteiger partial charge in [-0.3, -0.25) is 4.68 Å². The van der Waals surface area contributed by atoms with Crippen LogP contribution < -0.4 is 0 Å². The number of carbonyl (C=O) groups is 1. The molecular weight excluding hydrogens is 229 g/mol. The van der Waals surface area contributed by atoms with E-state index in [0.29, 0.717) is 6.07 Å². The lowest BCUT2D eigenvalue weighted by Gasteiger charge is -2.02. The van der Waals surface area contributed by atoms with Crippen LogP contribution in [-0.4, -0.2) is 34.6 Å². The number of hydrogen-bond acceptors (Lipinski definition) is 4. The van der Waals surface area contributed by atoms with E-state index in [0.717, 1.165) is 11.8 Å². The number of aliphatic hydroxyl groups excluding tert-OH is 1. The predicted octanol–water partition coefficient (Wildman–Crippen LogP) is 0.681. The van der Waals surface area contributed by atoms with Crippen LogP contribution in [0.2, 0.25) is 0 Å². The molecule has 16 heavy (non-hydrogen) atoms. The molecular formula is C8H9F3N2O3. The summed E-state index contributed by atoms with van der Waals surface area (Å²) in [5.41, 5.74) is -1.54. The molecule has 90 valence electrons. The van der Waals surface area contributed by atoms with E-state index in [1.165, 1.54) is 0 Å². The van der Waals surface area contributed by atoms with Crippen LogP contribution in [0.3, 0.4) is 0 Å². The Kier molecular flexibility index (Phi) is 3.53.